The molecule has 1 unspecified atom stereocenters. The van der Waals surface area contributed by atoms with E-state index in [-0.39, 0.29) is 24.9 Å². The summed E-state index contributed by atoms with van der Waals surface area (Å²) >= 11 is 0. The smallest absolute Gasteiger partial charge is 0.324 e. The van der Waals surface area contributed by atoms with Gasteiger partial charge in [0.15, 0.2) is 0 Å². The molecule has 0 aliphatic carbocycles. The average Bonchev–Trinajstić information content (AvgIpc) is 2.15. The molecule has 0 saturated heterocycles. The zero-order chi connectivity index (χ0) is 14.4. The first-order chi connectivity index (χ1) is 8.13. The molecule has 0 amide bonds. The quantitative estimate of drug-likeness (QED) is 0.657. The highest BCUT2D eigenvalue weighted by atomic mass is 32.2. The minimum absolute atomic E-state index is 0.0504. The number of aliphatic carboxylic acids is 1. The van der Waals surface area contributed by atoms with Crippen LogP contribution >= 0.6 is 0 Å². The van der Waals surface area contributed by atoms with Gasteiger partial charge >= 0.3 is 5.97 Å². The number of carbonyl (C=O) groups is 1. The molecule has 6 nitrogen and oxygen atoms in total. The highest BCUT2D eigenvalue weighted by molar-refractivity contribution is 7.89. The summed E-state index contributed by atoms with van der Waals surface area (Å²) in [6, 6.07) is 0. The number of sulfonamides is 1. The summed E-state index contributed by atoms with van der Waals surface area (Å²) in [6.45, 7) is 6.84. The van der Waals surface area contributed by atoms with Gasteiger partial charge in [-0.15, -0.1) is 0 Å². The van der Waals surface area contributed by atoms with Crippen molar-refractivity contribution in [3.05, 3.63) is 0 Å². The highest BCUT2D eigenvalue weighted by Gasteiger charge is 2.36. The zero-order valence-corrected chi connectivity index (χ0v) is 12.2. The summed E-state index contributed by atoms with van der Waals surface area (Å²) in [6.07, 6.45) is 0.766. The van der Waals surface area contributed by atoms with Crippen LogP contribution in [0, 0.1) is 0 Å². The van der Waals surface area contributed by atoms with Gasteiger partial charge in [0.05, 0.1) is 18.5 Å². The summed E-state index contributed by atoms with van der Waals surface area (Å²) < 4.78 is 30.9. The minimum atomic E-state index is -3.66. The largest absolute Gasteiger partial charge is 0.480 e. The van der Waals surface area contributed by atoms with Gasteiger partial charge in [0.2, 0.25) is 10.0 Å². The molecule has 0 radical (unpaired) electrons. The molecule has 108 valence electrons. The van der Waals surface area contributed by atoms with E-state index in [1.54, 1.807) is 20.8 Å². The first kappa shape index (κ1) is 17.3. The summed E-state index contributed by atoms with van der Waals surface area (Å²) in [5, 5.41) is 9.08. The van der Waals surface area contributed by atoms with Gasteiger partial charge in [-0.2, -0.15) is 4.72 Å². The van der Waals surface area contributed by atoms with Crippen molar-refractivity contribution in [3.8, 4) is 0 Å². The third kappa shape index (κ3) is 6.32. The lowest BCUT2D eigenvalue weighted by Gasteiger charge is -2.25. The van der Waals surface area contributed by atoms with Crippen molar-refractivity contribution in [2.24, 2.45) is 0 Å². The molecular weight excluding hydrogens is 258 g/mol. The Morgan fingerprint density at radius 1 is 1.44 bits per heavy atom. The van der Waals surface area contributed by atoms with E-state index >= 15 is 0 Å². The molecule has 0 aromatic rings. The van der Waals surface area contributed by atoms with E-state index in [0.29, 0.717) is 6.42 Å². The Hall–Kier alpha value is -0.660. The van der Waals surface area contributed by atoms with Crippen molar-refractivity contribution in [2.75, 3.05) is 12.4 Å². The van der Waals surface area contributed by atoms with Crippen molar-refractivity contribution < 1.29 is 23.1 Å². The molecular formula is C11H23NO5S. The fraction of sp³-hybridized carbons (Fsp3) is 0.909. The summed E-state index contributed by atoms with van der Waals surface area (Å²) in [5.74, 6) is -1.41. The Bertz CT molecular complexity index is 366. The van der Waals surface area contributed by atoms with E-state index in [1.807, 2.05) is 0 Å². The molecule has 0 aromatic heterocycles. The molecule has 18 heavy (non-hydrogen) atoms. The van der Waals surface area contributed by atoms with Gasteiger partial charge in [-0.25, -0.2) is 8.42 Å². The van der Waals surface area contributed by atoms with E-state index < -0.39 is 21.5 Å². The van der Waals surface area contributed by atoms with Crippen LogP contribution in [-0.4, -0.2) is 43.5 Å². The van der Waals surface area contributed by atoms with Crippen molar-refractivity contribution in [1.82, 2.24) is 4.72 Å². The Labute approximate surface area is 109 Å². The number of nitrogens with one attached hydrogen (secondary N) is 1. The number of carboxylic acid groups (broad SMARTS) is 1. The Balaban J connectivity index is 4.57. The lowest BCUT2D eigenvalue weighted by atomic mass is 9.98. The highest BCUT2D eigenvalue weighted by Crippen LogP contribution is 2.14. The lowest BCUT2D eigenvalue weighted by Crippen LogP contribution is -2.52. The summed E-state index contributed by atoms with van der Waals surface area (Å²) in [7, 11) is -3.66. The molecule has 7 heteroatoms. The van der Waals surface area contributed by atoms with Gasteiger partial charge in [-0.1, -0.05) is 13.3 Å². The Morgan fingerprint density at radius 3 is 2.39 bits per heavy atom. The Morgan fingerprint density at radius 2 is 2.00 bits per heavy atom. The van der Waals surface area contributed by atoms with Gasteiger partial charge in [0, 0.05) is 0 Å². The van der Waals surface area contributed by atoms with Gasteiger partial charge in [0.1, 0.15) is 5.54 Å². The monoisotopic (exact) mass is 281 g/mol. The maximum Gasteiger partial charge on any atom is 0.324 e. The van der Waals surface area contributed by atoms with Gasteiger partial charge in [-0.05, 0) is 27.2 Å². The number of hydrogen-bond donors (Lipinski definition) is 2. The molecule has 0 aromatic carbocycles. The van der Waals surface area contributed by atoms with Crippen molar-refractivity contribution >= 4 is 16.0 Å². The summed E-state index contributed by atoms with van der Waals surface area (Å²) in [4.78, 5) is 11.1. The van der Waals surface area contributed by atoms with E-state index in [2.05, 4.69) is 4.72 Å². The molecule has 0 heterocycles. The fourth-order valence-corrected chi connectivity index (χ4v) is 2.78. The summed E-state index contributed by atoms with van der Waals surface area (Å²) in [5.41, 5.74) is -1.45. The second-order valence-corrected chi connectivity index (χ2v) is 6.57. The second-order valence-electron chi connectivity index (χ2n) is 4.73. The van der Waals surface area contributed by atoms with Crippen LogP contribution in [0.5, 0.6) is 0 Å². The maximum atomic E-state index is 11.8. The molecule has 0 rings (SSSR count). The predicted octanol–water partition coefficient (Wildman–Crippen LogP) is 0.974. The third-order valence-electron chi connectivity index (χ3n) is 2.41. The van der Waals surface area contributed by atoms with Crippen LogP contribution in [0.15, 0.2) is 0 Å². The topological polar surface area (TPSA) is 92.7 Å². The van der Waals surface area contributed by atoms with Crippen LogP contribution in [0.3, 0.4) is 0 Å². The number of ether oxygens (including phenoxy) is 1. The molecule has 2 N–H and O–H groups in total. The Kier molecular flexibility index (Phi) is 6.80. The number of hydrogen-bond acceptors (Lipinski definition) is 4. The van der Waals surface area contributed by atoms with Crippen molar-refractivity contribution in [1.29, 1.82) is 0 Å². The average molecular weight is 281 g/mol. The maximum absolute atomic E-state index is 11.8. The van der Waals surface area contributed by atoms with Crippen LogP contribution in [0.25, 0.3) is 0 Å². The molecule has 0 fully saturated rings. The van der Waals surface area contributed by atoms with Crippen LogP contribution < -0.4 is 4.72 Å². The van der Waals surface area contributed by atoms with Crippen LogP contribution in [0.4, 0.5) is 0 Å². The van der Waals surface area contributed by atoms with E-state index in [9.17, 15) is 13.2 Å². The van der Waals surface area contributed by atoms with Crippen LogP contribution in [-0.2, 0) is 19.6 Å². The van der Waals surface area contributed by atoms with E-state index in [4.69, 9.17) is 9.84 Å². The zero-order valence-electron chi connectivity index (χ0n) is 11.4. The first-order valence-corrected chi connectivity index (χ1v) is 7.65. The molecule has 0 aliphatic rings. The van der Waals surface area contributed by atoms with Crippen LogP contribution in [0.2, 0.25) is 0 Å². The lowest BCUT2D eigenvalue weighted by molar-refractivity contribution is -0.143. The molecule has 0 aliphatic heterocycles. The third-order valence-corrected chi connectivity index (χ3v) is 3.87. The van der Waals surface area contributed by atoms with Gasteiger partial charge < -0.3 is 9.84 Å². The predicted molar refractivity (Wildman–Crippen MR) is 69.0 cm³/mol. The van der Waals surface area contributed by atoms with Gasteiger partial charge in [-0.3, -0.25) is 4.79 Å². The SMILES string of the molecule is CCCC(C)(NS(=O)(=O)CCOC(C)C)C(=O)O. The van der Waals surface area contributed by atoms with Gasteiger partial charge in [0.25, 0.3) is 0 Å². The second kappa shape index (κ2) is 7.06. The van der Waals surface area contributed by atoms with Crippen LogP contribution in [0.1, 0.15) is 40.5 Å². The number of carboxylic acids is 1. The standard InChI is InChI=1S/C11H23NO5S/c1-5-6-11(4,10(13)14)12-18(15,16)8-7-17-9(2)3/h9,12H,5-8H2,1-4H3,(H,13,14). The molecule has 0 bridgehead atoms. The molecule has 1 atom stereocenters. The van der Waals surface area contributed by atoms with E-state index in [0.717, 1.165) is 0 Å². The molecule has 0 spiro atoms. The van der Waals surface area contributed by atoms with E-state index in [1.165, 1.54) is 6.92 Å². The molecule has 0 saturated carbocycles. The normalized spacial score (nSPS) is 15.6. The minimum Gasteiger partial charge on any atom is -0.480 e. The number of rotatable bonds is 9. The first-order valence-electron chi connectivity index (χ1n) is 5.99. The fourth-order valence-electron chi connectivity index (χ4n) is 1.49. The van der Waals surface area contributed by atoms with Crippen molar-refractivity contribution in [2.45, 2.75) is 52.2 Å². The van der Waals surface area contributed by atoms with Crippen molar-refractivity contribution in [3.63, 3.8) is 0 Å².